The number of nitro benzene ring substituents is 1. The number of ketones is 1. The van der Waals surface area contributed by atoms with E-state index in [1.165, 1.54) is 12.1 Å². The average molecular weight is 460 g/mol. The second-order valence-electron chi connectivity index (χ2n) is 6.69. The molecule has 0 fully saturated rings. The molecular weight excluding hydrogens is 438 g/mol. The van der Waals surface area contributed by atoms with E-state index in [0.717, 1.165) is 24.6 Å². The van der Waals surface area contributed by atoms with Gasteiger partial charge in [-0.1, -0.05) is 29.3 Å². The number of benzene rings is 2. The molecular formula is C22H22BrNO5. The van der Waals surface area contributed by atoms with E-state index in [-0.39, 0.29) is 11.5 Å². The summed E-state index contributed by atoms with van der Waals surface area (Å²) in [6, 6.07) is 11.3. The predicted molar refractivity (Wildman–Crippen MR) is 115 cm³/mol. The highest BCUT2D eigenvalue weighted by Gasteiger charge is 2.23. The summed E-state index contributed by atoms with van der Waals surface area (Å²) < 4.78 is 11.5. The van der Waals surface area contributed by atoms with Gasteiger partial charge in [0.05, 0.1) is 17.1 Å². The first-order valence-electron chi connectivity index (χ1n) is 9.58. The minimum Gasteiger partial charge on any atom is -0.494 e. The van der Waals surface area contributed by atoms with Gasteiger partial charge in [-0.2, -0.15) is 0 Å². The van der Waals surface area contributed by atoms with Crippen molar-refractivity contribution in [2.45, 2.75) is 32.6 Å². The number of fused-ring (bicyclic) bond motifs is 1. The first kappa shape index (κ1) is 21.0. The van der Waals surface area contributed by atoms with Gasteiger partial charge in [0.2, 0.25) is 0 Å². The first-order valence-corrected chi connectivity index (χ1v) is 10.7. The minimum absolute atomic E-state index is 0.0649. The van der Waals surface area contributed by atoms with Crippen LogP contribution in [0.25, 0.3) is 11.0 Å². The lowest BCUT2D eigenvalue weighted by Gasteiger charge is -2.07. The third-order valence-electron chi connectivity index (χ3n) is 4.60. The molecule has 6 nitrogen and oxygen atoms in total. The lowest BCUT2D eigenvalue weighted by Crippen LogP contribution is -2.04. The van der Waals surface area contributed by atoms with Gasteiger partial charge in [-0.3, -0.25) is 14.9 Å². The number of aryl methyl sites for hydroxylation is 1. The lowest BCUT2D eigenvalue weighted by atomic mass is 9.98. The molecule has 0 N–H and O–H groups in total. The number of rotatable bonds is 10. The van der Waals surface area contributed by atoms with E-state index in [9.17, 15) is 14.9 Å². The molecule has 29 heavy (non-hydrogen) atoms. The van der Waals surface area contributed by atoms with Crippen LogP contribution >= 0.6 is 15.9 Å². The average Bonchev–Trinajstić information content (AvgIpc) is 3.09. The van der Waals surface area contributed by atoms with Gasteiger partial charge in [0.1, 0.15) is 17.1 Å². The standard InChI is InChI=1S/C22H22BrNO5/c1-2-3-5-20-21(18-14-16(24(26)27)8-11-19(18)29-20)22(25)15-6-9-17(10-7-15)28-13-4-12-23/h6-11,14H,2-5,12-13H2,1H3. The molecule has 0 unspecified atom stereocenters. The molecule has 0 radical (unpaired) electrons. The number of carbonyl (C=O) groups excluding carboxylic acids is 1. The topological polar surface area (TPSA) is 82.6 Å². The Balaban J connectivity index is 1.98. The van der Waals surface area contributed by atoms with Crippen LogP contribution in [0.2, 0.25) is 0 Å². The van der Waals surface area contributed by atoms with Crippen molar-refractivity contribution in [3.63, 3.8) is 0 Å². The smallest absolute Gasteiger partial charge is 0.270 e. The monoisotopic (exact) mass is 459 g/mol. The van der Waals surface area contributed by atoms with Crippen LogP contribution in [-0.2, 0) is 6.42 Å². The Bertz CT molecular complexity index is 1010. The molecule has 152 valence electrons. The molecule has 0 spiro atoms. The summed E-state index contributed by atoms with van der Waals surface area (Å²) in [6.07, 6.45) is 3.31. The van der Waals surface area contributed by atoms with Crippen LogP contribution < -0.4 is 4.74 Å². The van der Waals surface area contributed by atoms with E-state index >= 15 is 0 Å². The van der Waals surface area contributed by atoms with Crippen molar-refractivity contribution in [1.82, 2.24) is 0 Å². The Morgan fingerprint density at radius 2 is 1.93 bits per heavy atom. The van der Waals surface area contributed by atoms with E-state index < -0.39 is 4.92 Å². The predicted octanol–water partition coefficient (Wildman–Crippen LogP) is 6.08. The highest BCUT2D eigenvalue weighted by atomic mass is 79.9. The third-order valence-corrected chi connectivity index (χ3v) is 5.16. The molecule has 0 aliphatic rings. The highest BCUT2D eigenvalue weighted by Crippen LogP contribution is 2.32. The molecule has 0 amide bonds. The Hall–Kier alpha value is -2.67. The summed E-state index contributed by atoms with van der Waals surface area (Å²) >= 11 is 3.36. The Morgan fingerprint density at radius 1 is 1.17 bits per heavy atom. The summed E-state index contributed by atoms with van der Waals surface area (Å²) in [7, 11) is 0. The van der Waals surface area contributed by atoms with E-state index in [4.69, 9.17) is 9.15 Å². The number of hydrogen-bond acceptors (Lipinski definition) is 5. The van der Waals surface area contributed by atoms with Gasteiger partial charge in [0.15, 0.2) is 5.78 Å². The second kappa shape index (κ2) is 9.69. The molecule has 0 saturated carbocycles. The van der Waals surface area contributed by atoms with Crippen molar-refractivity contribution >= 4 is 38.4 Å². The van der Waals surface area contributed by atoms with Crippen LogP contribution in [0.5, 0.6) is 5.75 Å². The van der Waals surface area contributed by atoms with Crippen LogP contribution in [0.15, 0.2) is 46.9 Å². The molecule has 3 rings (SSSR count). The van der Waals surface area contributed by atoms with Gasteiger partial charge in [0, 0.05) is 34.8 Å². The zero-order chi connectivity index (χ0) is 20.8. The van der Waals surface area contributed by atoms with E-state index in [2.05, 4.69) is 22.9 Å². The van der Waals surface area contributed by atoms with Crippen LogP contribution in [0, 0.1) is 10.1 Å². The van der Waals surface area contributed by atoms with Gasteiger partial charge >= 0.3 is 0 Å². The van der Waals surface area contributed by atoms with Crippen molar-refractivity contribution < 1.29 is 18.9 Å². The third kappa shape index (κ3) is 4.85. The normalized spacial score (nSPS) is 11.0. The van der Waals surface area contributed by atoms with E-state index in [1.807, 2.05) is 0 Å². The fourth-order valence-corrected chi connectivity index (χ4v) is 3.33. The number of hydrogen-bond donors (Lipinski definition) is 0. The molecule has 3 aromatic rings. The quantitative estimate of drug-likeness (QED) is 0.120. The number of ether oxygens (including phenoxy) is 1. The summed E-state index contributed by atoms with van der Waals surface area (Å²) in [6.45, 7) is 2.65. The first-order chi connectivity index (χ1) is 14.0. The van der Waals surface area contributed by atoms with Gasteiger partial charge in [-0.15, -0.1) is 0 Å². The van der Waals surface area contributed by atoms with Crippen molar-refractivity contribution in [2.24, 2.45) is 0 Å². The van der Waals surface area contributed by atoms with Crippen LogP contribution in [-0.4, -0.2) is 22.6 Å². The van der Waals surface area contributed by atoms with Crippen molar-refractivity contribution in [2.75, 3.05) is 11.9 Å². The molecule has 7 heteroatoms. The molecule has 0 bridgehead atoms. The van der Waals surface area contributed by atoms with Gasteiger partial charge in [-0.25, -0.2) is 0 Å². The fraction of sp³-hybridized carbons (Fsp3) is 0.318. The minimum atomic E-state index is -0.467. The Labute approximate surface area is 177 Å². The fourth-order valence-electron chi connectivity index (χ4n) is 3.10. The summed E-state index contributed by atoms with van der Waals surface area (Å²) in [5.74, 6) is 1.06. The highest BCUT2D eigenvalue weighted by molar-refractivity contribution is 9.09. The lowest BCUT2D eigenvalue weighted by molar-refractivity contribution is -0.384. The number of furan rings is 1. The Kier molecular flexibility index (Phi) is 7.04. The number of alkyl halides is 1. The molecule has 2 aromatic carbocycles. The van der Waals surface area contributed by atoms with Crippen LogP contribution in [0.4, 0.5) is 5.69 Å². The summed E-state index contributed by atoms with van der Waals surface area (Å²) in [5.41, 5.74) is 1.32. The molecule has 0 saturated heterocycles. The number of nitrogens with zero attached hydrogens (tertiary/aromatic N) is 1. The number of non-ortho nitro benzene ring substituents is 1. The maximum atomic E-state index is 13.3. The van der Waals surface area contributed by atoms with Crippen LogP contribution in [0.3, 0.4) is 0 Å². The van der Waals surface area contributed by atoms with Crippen molar-refractivity contribution in [3.05, 3.63) is 69.5 Å². The zero-order valence-electron chi connectivity index (χ0n) is 16.2. The molecule has 1 aromatic heterocycles. The number of carbonyl (C=O) groups is 1. The van der Waals surface area contributed by atoms with Gasteiger partial charge in [-0.05, 0) is 43.2 Å². The Morgan fingerprint density at radius 3 is 2.59 bits per heavy atom. The van der Waals surface area contributed by atoms with Crippen molar-refractivity contribution in [1.29, 1.82) is 0 Å². The molecule has 1 heterocycles. The van der Waals surface area contributed by atoms with Gasteiger partial charge < -0.3 is 9.15 Å². The molecule has 0 aliphatic carbocycles. The number of unbranched alkanes of at least 4 members (excludes halogenated alkanes) is 1. The molecule has 0 aliphatic heterocycles. The maximum absolute atomic E-state index is 13.3. The van der Waals surface area contributed by atoms with Gasteiger partial charge in [0.25, 0.3) is 5.69 Å². The van der Waals surface area contributed by atoms with E-state index in [1.54, 1.807) is 30.3 Å². The largest absolute Gasteiger partial charge is 0.494 e. The zero-order valence-corrected chi connectivity index (χ0v) is 17.7. The maximum Gasteiger partial charge on any atom is 0.270 e. The second-order valence-corrected chi connectivity index (χ2v) is 7.48. The number of halogens is 1. The van der Waals surface area contributed by atoms with Crippen LogP contribution in [0.1, 0.15) is 47.9 Å². The van der Waals surface area contributed by atoms with E-state index in [0.29, 0.717) is 46.6 Å². The molecule has 0 atom stereocenters. The van der Waals surface area contributed by atoms with Crippen molar-refractivity contribution in [3.8, 4) is 5.75 Å². The summed E-state index contributed by atoms with van der Waals surface area (Å²) in [4.78, 5) is 24.0. The number of nitro groups is 1. The SMILES string of the molecule is CCCCc1oc2ccc([N+](=O)[O-])cc2c1C(=O)c1ccc(OCCCBr)cc1. The summed E-state index contributed by atoms with van der Waals surface area (Å²) in [5, 5.41) is 12.5.